The van der Waals surface area contributed by atoms with Crippen molar-refractivity contribution in [1.82, 2.24) is 10.2 Å². The van der Waals surface area contributed by atoms with E-state index >= 15 is 0 Å². The van der Waals surface area contributed by atoms with E-state index < -0.39 is 6.10 Å². The summed E-state index contributed by atoms with van der Waals surface area (Å²) in [6.07, 6.45) is 1.22. The first-order valence-corrected chi connectivity index (χ1v) is 8.41. The first-order chi connectivity index (χ1) is 9.95. The molecule has 3 aliphatic rings. The van der Waals surface area contributed by atoms with E-state index in [2.05, 4.69) is 12.2 Å². The van der Waals surface area contributed by atoms with Gasteiger partial charge in [0.15, 0.2) is 0 Å². The predicted octanol–water partition coefficient (Wildman–Crippen LogP) is 0.738. The molecule has 5 nitrogen and oxygen atoms in total. The topological polar surface area (TPSA) is 69.6 Å². The molecule has 0 saturated carbocycles. The molecule has 0 aromatic rings. The summed E-state index contributed by atoms with van der Waals surface area (Å²) in [5, 5.41) is 13.4. The fourth-order valence-corrected chi connectivity index (χ4v) is 5.31. The minimum absolute atomic E-state index is 0.0380. The third kappa shape index (κ3) is 2.24. The second kappa shape index (κ2) is 5.41. The predicted molar refractivity (Wildman–Crippen MR) is 81.5 cm³/mol. The van der Waals surface area contributed by atoms with Crippen LogP contribution in [-0.4, -0.2) is 52.2 Å². The van der Waals surface area contributed by atoms with Crippen LogP contribution in [0.4, 0.5) is 0 Å². The van der Waals surface area contributed by atoms with Crippen LogP contribution in [0.15, 0.2) is 10.6 Å². The Morgan fingerprint density at radius 2 is 2.24 bits per heavy atom. The molecule has 0 aromatic heterocycles. The standard InChI is InChI=1S/C15H22N2O3S/c1-7-13-12(9(3)19)15(20)17(13)8(2)14(7)21-11-4-10(6-18)16-5-11/h6-7,9-13,16,19H,4-5H2,1-3H3. The van der Waals surface area contributed by atoms with Crippen LogP contribution in [0.25, 0.3) is 0 Å². The van der Waals surface area contributed by atoms with Crippen LogP contribution >= 0.6 is 11.8 Å². The molecule has 6 heteroatoms. The minimum Gasteiger partial charge on any atom is -0.393 e. The van der Waals surface area contributed by atoms with Gasteiger partial charge in [0, 0.05) is 28.3 Å². The van der Waals surface area contributed by atoms with Gasteiger partial charge in [0.1, 0.15) is 6.29 Å². The molecule has 0 aromatic carbocycles. The van der Waals surface area contributed by atoms with Crippen LogP contribution < -0.4 is 5.32 Å². The number of hydrogen-bond acceptors (Lipinski definition) is 5. The molecule has 2 saturated heterocycles. The molecule has 21 heavy (non-hydrogen) atoms. The van der Waals surface area contributed by atoms with Crippen molar-refractivity contribution in [3.63, 3.8) is 0 Å². The first-order valence-electron chi connectivity index (χ1n) is 7.53. The summed E-state index contributed by atoms with van der Waals surface area (Å²) in [6.45, 7) is 6.66. The molecule has 0 radical (unpaired) electrons. The zero-order valence-corrected chi connectivity index (χ0v) is 13.4. The SMILES string of the molecule is CC1=C(SC2CNC(C=O)C2)C(C)C2C(C(C)O)C(=O)N12. The number of carbonyl (C=O) groups is 2. The number of aldehydes is 1. The lowest BCUT2D eigenvalue weighted by atomic mass is 9.79. The van der Waals surface area contributed by atoms with Crippen molar-refractivity contribution in [1.29, 1.82) is 0 Å². The van der Waals surface area contributed by atoms with Gasteiger partial charge in [-0.25, -0.2) is 0 Å². The van der Waals surface area contributed by atoms with Crippen LogP contribution in [0.1, 0.15) is 27.2 Å². The number of β-lactam (4-membered cyclic amide) rings is 1. The highest BCUT2D eigenvalue weighted by molar-refractivity contribution is 8.03. The Morgan fingerprint density at radius 1 is 1.52 bits per heavy atom. The van der Waals surface area contributed by atoms with Crippen molar-refractivity contribution in [3.05, 3.63) is 10.6 Å². The number of aliphatic hydroxyl groups excluding tert-OH is 1. The van der Waals surface area contributed by atoms with E-state index in [-0.39, 0.29) is 29.8 Å². The monoisotopic (exact) mass is 310 g/mol. The third-order valence-corrected chi connectivity index (χ3v) is 6.55. The number of thioether (sulfide) groups is 1. The van der Waals surface area contributed by atoms with Crippen molar-refractivity contribution < 1.29 is 14.7 Å². The quantitative estimate of drug-likeness (QED) is 0.592. The third-order valence-electron chi connectivity index (χ3n) is 4.93. The molecular formula is C15H22N2O3S. The van der Waals surface area contributed by atoms with E-state index in [9.17, 15) is 14.7 Å². The molecule has 2 N–H and O–H groups in total. The number of carbonyl (C=O) groups excluding carboxylic acids is 2. The van der Waals surface area contributed by atoms with Crippen LogP contribution in [0.2, 0.25) is 0 Å². The number of nitrogens with one attached hydrogen (secondary N) is 1. The number of nitrogens with zero attached hydrogens (tertiary/aromatic N) is 1. The zero-order valence-electron chi connectivity index (χ0n) is 12.6. The Balaban J connectivity index is 1.73. The lowest BCUT2D eigenvalue weighted by Crippen LogP contribution is -2.62. The van der Waals surface area contributed by atoms with E-state index in [1.54, 1.807) is 18.7 Å². The molecule has 6 atom stereocenters. The summed E-state index contributed by atoms with van der Waals surface area (Å²) < 4.78 is 0. The van der Waals surface area contributed by atoms with Crippen LogP contribution in [0, 0.1) is 11.8 Å². The Labute approximate surface area is 129 Å². The lowest BCUT2D eigenvalue weighted by Gasteiger charge is -2.46. The Kier molecular flexibility index (Phi) is 3.88. The van der Waals surface area contributed by atoms with Gasteiger partial charge in [0.2, 0.25) is 5.91 Å². The summed E-state index contributed by atoms with van der Waals surface area (Å²) in [5.74, 6) is 0.0466. The highest BCUT2D eigenvalue weighted by Gasteiger charge is 2.57. The van der Waals surface area contributed by atoms with Crippen LogP contribution in [-0.2, 0) is 9.59 Å². The number of amides is 1. The molecule has 3 aliphatic heterocycles. The van der Waals surface area contributed by atoms with Gasteiger partial charge in [-0.1, -0.05) is 6.92 Å². The molecule has 116 valence electrons. The molecular weight excluding hydrogens is 288 g/mol. The maximum atomic E-state index is 12.2. The molecule has 6 unspecified atom stereocenters. The van der Waals surface area contributed by atoms with Crippen LogP contribution in [0.3, 0.4) is 0 Å². The molecule has 3 rings (SSSR count). The Hall–Kier alpha value is -0.850. The highest BCUT2D eigenvalue weighted by atomic mass is 32.2. The van der Waals surface area contributed by atoms with Gasteiger partial charge in [-0.05, 0) is 20.3 Å². The average Bonchev–Trinajstić information content (AvgIpc) is 2.95. The molecule has 3 heterocycles. The van der Waals surface area contributed by atoms with Crippen LogP contribution in [0.5, 0.6) is 0 Å². The van der Waals surface area contributed by atoms with Gasteiger partial charge >= 0.3 is 0 Å². The number of fused-ring (bicyclic) bond motifs is 1. The van der Waals surface area contributed by atoms with E-state index in [1.165, 1.54) is 4.91 Å². The maximum Gasteiger partial charge on any atom is 0.234 e. The number of aliphatic hydroxyl groups is 1. The minimum atomic E-state index is -0.592. The van der Waals surface area contributed by atoms with E-state index in [0.29, 0.717) is 5.25 Å². The van der Waals surface area contributed by atoms with Gasteiger partial charge in [-0.2, -0.15) is 0 Å². The number of allylic oxidation sites excluding steroid dienone is 1. The van der Waals surface area contributed by atoms with E-state index in [1.807, 2.05) is 11.8 Å². The van der Waals surface area contributed by atoms with Gasteiger partial charge in [-0.3, -0.25) is 4.79 Å². The number of hydrogen-bond donors (Lipinski definition) is 2. The van der Waals surface area contributed by atoms with Crippen molar-refractivity contribution >= 4 is 24.0 Å². The van der Waals surface area contributed by atoms with Gasteiger partial charge in [0.25, 0.3) is 0 Å². The summed E-state index contributed by atoms with van der Waals surface area (Å²) in [6, 6.07) is 0.0696. The molecule has 1 amide bonds. The maximum absolute atomic E-state index is 12.2. The zero-order chi connectivity index (χ0) is 15.3. The normalized spacial score (nSPS) is 40.3. The molecule has 0 bridgehead atoms. The van der Waals surface area contributed by atoms with E-state index in [0.717, 1.165) is 24.9 Å². The molecule has 2 fully saturated rings. The van der Waals surface area contributed by atoms with Crippen molar-refractivity contribution in [3.8, 4) is 0 Å². The summed E-state index contributed by atoms with van der Waals surface area (Å²) in [5.41, 5.74) is 1.04. The largest absolute Gasteiger partial charge is 0.393 e. The fraction of sp³-hybridized carbons (Fsp3) is 0.733. The Morgan fingerprint density at radius 3 is 2.81 bits per heavy atom. The van der Waals surface area contributed by atoms with Gasteiger partial charge in [-0.15, -0.1) is 11.8 Å². The average molecular weight is 310 g/mol. The highest BCUT2D eigenvalue weighted by Crippen LogP contribution is 2.51. The Bertz CT molecular complexity index is 505. The molecule has 0 spiro atoms. The summed E-state index contributed by atoms with van der Waals surface area (Å²) in [4.78, 5) is 26.1. The fourth-order valence-electron chi connectivity index (χ4n) is 3.85. The number of rotatable bonds is 4. The second-order valence-electron chi connectivity index (χ2n) is 6.33. The lowest BCUT2D eigenvalue weighted by molar-refractivity contribution is -0.159. The summed E-state index contributed by atoms with van der Waals surface area (Å²) in [7, 11) is 0. The first kappa shape index (κ1) is 15.1. The van der Waals surface area contributed by atoms with Crippen molar-refractivity contribution in [2.75, 3.05) is 6.54 Å². The smallest absolute Gasteiger partial charge is 0.234 e. The van der Waals surface area contributed by atoms with Crippen molar-refractivity contribution in [2.45, 2.75) is 50.6 Å². The second-order valence-corrected chi connectivity index (χ2v) is 7.67. The van der Waals surface area contributed by atoms with Gasteiger partial charge in [0.05, 0.1) is 24.1 Å². The molecule has 0 aliphatic carbocycles. The van der Waals surface area contributed by atoms with E-state index in [4.69, 9.17) is 0 Å². The van der Waals surface area contributed by atoms with Crippen molar-refractivity contribution in [2.24, 2.45) is 11.8 Å². The summed E-state index contributed by atoms with van der Waals surface area (Å²) >= 11 is 1.80. The van der Waals surface area contributed by atoms with Gasteiger partial charge < -0.3 is 20.1 Å².